The van der Waals surface area contributed by atoms with Crippen molar-refractivity contribution in [1.29, 1.82) is 0 Å². The summed E-state index contributed by atoms with van der Waals surface area (Å²) in [4.78, 5) is 1.52. The summed E-state index contributed by atoms with van der Waals surface area (Å²) in [6.45, 7) is 6.47. The van der Waals surface area contributed by atoms with Crippen LogP contribution >= 0.6 is 11.3 Å². The molecule has 1 aromatic rings. The van der Waals surface area contributed by atoms with E-state index >= 15 is 0 Å². The Morgan fingerprint density at radius 1 is 1.14 bits per heavy atom. The summed E-state index contributed by atoms with van der Waals surface area (Å²) in [6.07, 6.45) is 9.60. The normalized spacial score (nSPS) is 13.1. The van der Waals surface area contributed by atoms with E-state index in [9.17, 15) is 0 Å². The molecule has 0 N–H and O–H groups in total. The molecule has 0 aromatic carbocycles. The van der Waals surface area contributed by atoms with Gasteiger partial charge in [0.15, 0.2) is 0 Å². The van der Waals surface area contributed by atoms with Crippen LogP contribution in [0.1, 0.15) is 44.9 Å². The van der Waals surface area contributed by atoms with E-state index in [1.807, 2.05) is 11.3 Å². The molecule has 0 fully saturated rings. The van der Waals surface area contributed by atoms with E-state index in [1.165, 1.54) is 40.3 Å². The molecule has 0 bridgehead atoms. The lowest BCUT2D eigenvalue weighted by atomic mass is 10.2. The minimum absolute atomic E-state index is 1.18. The largest absolute Gasteiger partial charge is 0.141 e. The van der Waals surface area contributed by atoms with Gasteiger partial charge in [-0.25, -0.2) is 0 Å². The fraction of sp³-hybridized carbons (Fsp3) is 0.538. The number of thiophene rings is 1. The SMILES string of the molecule is CCC.CCc1cc2c(s1)=CCCC=2. The van der Waals surface area contributed by atoms with Gasteiger partial charge in [0.05, 0.1) is 0 Å². The standard InChI is InChI=1S/C10H12S.C3H8/c1-2-9-7-8-5-3-4-6-10(8)11-9;1-3-2/h5-7H,2-4H2,1H3;3H2,1-2H3. The molecule has 0 nitrogen and oxygen atoms in total. The zero-order valence-corrected chi connectivity index (χ0v) is 10.3. The number of hydrogen-bond donors (Lipinski definition) is 0. The Morgan fingerprint density at radius 2 is 1.79 bits per heavy atom. The fourth-order valence-electron chi connectivity index (χ4n) is 1.42. The number of aryl methyl sites for hydroxylation is 1. The molecule has 1 heteroatoms. The van der Waals surface area contributed by atoms with Gasteiger partial charge in [-0.2, -0.15) is 0 Å². The smallest absolute Gasteiger partial charge is 0.0302 e. The van der Waals surface area contributed by atoms with Gasteiger partial charge in [-0.3, -0.25) is 0 Å². The molecular weight excluding hydrogens is 188 g/mol. The van der Waals surface area contributed by atoms with Crippen molar-refractivity contribution < 1.29 is 0 Å². The third-order valence-electron chi connectivity index (χ3n) is 2.05. The second-order valence-electron chi connectivity index (χ2n) is 3.58. The van der Waals surface area contributed by atoms with E-state index < -0.39 is 0 Å². The molecule has 1 aromatic heterocycles. The summed E-state index contributed by atoms with van der Waals surface area (Å²) in [7, 11) is 0. The molecule has 0 spiro atoms. The van der Waals surface area contributed by atoms with Crippen molar-refractivity contribution in [2.45, 2.75) is 46.5 Å². The van der Waals surface area contributed by atoms with Gasteiger partial charge < -0.3 is 0 Å². The monoisotopic (exact) mass is 208 g/mol. The van der Waals surface area contributed by atoms with Gasteiger partial charge >= 0.3 is 0 Å². The minimum atomic E-state index is 1.18. The van der Waals surface area contributed by atoms with Gasteiger partial charge in [0, 0.05) is 9.41 Å². The molecule has 1 aliphatic carbocycles. The number of hydrogen-bond acceptors (Lipinski definition) is 1. The summed E-state index contributed by atoms with van der Waals surface area (Å²) >= 11 is 1.95. The Kier molecular flexibility index (Phi) is 4.95. The molecule has 2 rings (SSSR count). The van der Waals surface area contributed by atoms with Crippen LogP contribution in [0.3, 0.4) is 0 Å². The van der Waals surface area contributed by atoms with Crippen LogP contribution < -0.4 is 9.75 Å². The van der Waals surface area contributed by atoms with Gasteiger partial charge in [-0.15, -0.1) is 11.3 Å². The van der Waals surface area contributed by atoms with Crippen LogP contribution in [0.2, 0.25) is 0 Å². The predicted molar refractivity (Wildman–Crippen MR) is 67.1 cm³/mol. The highest BCUT2D eigenvalue weighted by Gasteiger charge is 1.97. The van der Waals surface area contributed by atoms with Crippen molar-refractivity contribution in [3.05, 3.63) is 20.7 Å². The highest BCUT2D eigenvalue weighted by Crippen LogP contribution is 2.04. The van der Waals surface area contributed by atoms with Crippen molar-refractivity contribution in [2.75, 3.05) is 0 Å². The van der Waals surface area contributed by atoms with Crippen molar-refractivity contribution in [3.8, 4) is 0 Å². The first-order valence-corrected chi connectivity index (χ1v) is 6.42. The summed E-state index contributed by atoms with van der Waals surface area (Å²) < 4.78 is 1.49. The third-order valence-corrected chi connectivity index (χ3v) is 3.34. The van der Waals surface area contributed by atoms with Crippen LogP contribution in [0.15, 0.2) is 6.07 Å². The summed E-state index contributed by atoms with van der Waals surface area (Å²) in [5.41, 5.74) is 0. The van der Waals surface area contributed by atoms with E-state index in [0.29, 0.717) is 0 Å². The molecule has 0 saturated carbocycles. The zero-order chi connectivity index (χ0) is 10.4. The second-order valence-corrected chi connectivity index (χ2v) is 4.75. The molecule has 0 unspecified atom stereocenters. The third kappa shape index (κ3) is 2.98. The van der Waals surface area contributed by atoms with Gasteiger partial charge in [-0.05, 0) is 30.5 Å². The summed E-state index contributed by atoms with van der Waals surface area (Å²) in [6, 6.07) is 2.33. The minimum Gasteiger partial charge on any atom is -0.141 e. The van der Waals surface area contributed by atoms with Gasteiger partial charge in [0.25, 0.3) is 0 Å². The molecule has 0 atom stereocenters. The van der Waals surface area contributed by atoms with Crippen LogP contribution in [0.25, 0.3) is 12.2 Å². The van der Waals surface area contributed by atoms with Gasteiger partial charge in [0.1, 0.15) is 0 Å². The van der Waals surface area contributed by atoms with Crippen LogP contribution in [0, 0.1) is 0 Å². The van der Waals surface area contributed by atoms with Crippen LogP contribution in [0.4, 0.5) is 0 Å². The first kappa shape index (κ1) is 11.5. The van der Waals surface area contributed by atoms with Crippen LogP contribution in [-0.4, -0.2) is 0 Å². The topological polar surface area (TPSA) is 0 Å². The van der Waals surface area contributed by atoms with Gasteiger partial charge in [-0.1, -0.05) is 39.3 Å². The lowest BCUT2D eigenvalue weighted by Gasteiger charge is -1.90. The highest BCUT2D eigenvalue weighted by atomic mass is 32.1. The molecule has 1 heterocycles. The van der Waals surface area contributed by atoms with Crippen LogP contribution in [-0.2, 0) is 6.42 Å². The summed E-state index contributed by atoms with van der Waals surface area (Å²) in [5.74, 6) is 0. The zero-order valence-electron chi connectivity index (χ0n) is 9.47. The average molecular weight is 208 g/mol. The first-order valence-electron chi connectivity index (χ1n) is 5.60. The lowest BCUT2D eigenvalue weighted by Crippen LogP contribution is -2.19. The van der Waals surface area contributed by atoms with E-state index in [0.717, 1.165) is 0 Å². The Morgan fingerprint density at radius 3 is 2.36 bits per heavy atom. The van der Waals surface area contributed by atoms with E-state index in [1.54, 1.807) is 0 Å². The number of fused-ring (bicyclic) bond motifs is 1. The van der Waals surface area contributed by atoms with Crippen molar-refractivity contribution >= 4 is 23.5 Å². The maximum atomic E-state index is 2.36. The van der Waals surface area contributed by atoms with Gasteiger partial charge in [0.2, 0.25) is 0 Å². The Hall–Kier alpha value is -0.560. The predicted octanol–water partition coefficient (Wildman–Crippen LogP) is 3.08. The lowest BCUT2D eigenvalue weighted by molar-refractivity contribution is 1.09. The average Bonchev–Trinajstić information content (AvgIpc) is 2.61. The quantitative estimate of drug-likeness (QED) is 0.665. The maximum absolute atomic E-state index is 2.36. The maximum Gasteiger partial charge on any atom is 0.0302 e. The Balaban J connectivity index is 0.000000293. The first-order chi connectivity index (χ1) is 6.81. The second kappa shape index (κ2) is 6.02. The van der Waals surface area contributed by atoms with Crippen molar-refractivity contribution in [2.24, 2.45) is 0 Å². The van der Waals surface area contributed by atoms with E-state index in [4.69, 9.17) is 0 Å². The van der Waals surface area contributed by atoms with Crippen LogP contribution in [0.5, 0.6) is 0 Å². The molecule has 0 amide bonds. The molecule has 1 aliphatic rings. The molecule has 0 aliphatic heterocycles. The fourth-order valence-corrected chi connectivity index (χ4v) is 2.49. The Bertz CT molecular complexity index is 337. The molecule has 78 valence electrons. The van der Waals surface area contributed by atoms with Crippen molar-refractivity contribution in [3.63, 3.8) is 0 Å². The van der Waals surface area contributed by atoms with E-state index in [-0.39, 0.29) is 0 Å². The van der Waals surface area contributed by atoms with Crippen molar-refractivity contribution in [1.82, 2.24) is 0 Å². The highest BCUT2D eigenvalue weighted by molar-refractivity contribution is 7.09. The molecule has 14 heavy (non-hydrogen) atoms. The summed E-state index contributed by atoms with van der Waals surface area (Å²) in [5, 5.41) is 1.47. The Labute approximate surface area is 91.0 Å². The van der Waals surface area contributed by atoms with E-state index in [2.05, 4.69) is 39.0 Å². The molecule has 0 saturated heterocycles. The molecule has 0 radical (unpaired) electrons. The molecular formula is C13H20S. The number of rotatable bonds is 1.